The van der Waals surface area contributed by atoms with Crippen LogP contribution in [0.5, 0.6) is 0 Å². The summed E-state index contributed by atoms with van der Waals surface area (Å²) in [6.45, 7) is 4.90. The summed E-state index contributed by atoms with van der Waals surface area (Å²) in [6, 6.07) is 8.52. The van der Waals surface area contributed by atoms with Crippen LogP contribution in [0.15, 0.2) is 24.3 Å². The van der Waals surface area contributed by atoms with Crippen LogP contribution in [0.2, 0.25) is 4.94 Å². The van der Waals surface area contributed by atoms with Gasteiger partial charge in [0, 0.05) is 0 Å². The van der Waals surface area contributed by atoms with Crippen molar-refractivity contribution in [2.24, 2.45) is 5.73 Å². The van der Waals surface area contributed by atoms with Crippen molar-refractivity contribution in [3.63, 3.8) is 0 Å². The Balaban J connectivity index is 0.00000196. The van der Waals surface area contributed by atoms with Gasteiger partial charge in [-0.05, 0) is 0 Å². The summed E-state index contributed by atoms with van der Waals surface area (Å²) in [5, 5.41) is 0. The van der Waals surface area contributed by atoms with E-state index in [9.17, 15) is 0 Å². The largest absolute Gasteiger partial charge is 0.147 e. The van der Waals surface area contributed by atoms with Crippen molar-refractivity contribution >= 4 is 36.2 Å². The van der Waals surface area contributed by atoms with Gasteiger partial charge in [0.05, 0.1) is 0 Å². The number of nitrogens with two attached hydrogens (primary N) is 1. The molecule has 0 fully saturated rings. The van der Waals surface area contributed by atoms with Crippen molar-refractivity contribution in [1.82, 2.24) is 0 Å². The van der Waals surface area contributed by atoms with Gasteiger partial charge in [0.25, 0.3) is 0 Å². The van der Waals surface area contributed by atoms with E-state index < -0.39 is 20.2 Å². The Labute approximate surface area is 106 Å². The first-order valence-corrected chi connectivity index (χ1v) is 10.4. The van der Waals surface area contributed by atoms with E-state index in [4.69, 9.17) is 8.81 Å². The van der Waals surface area contributed by atoms with Crippen molar-refractivity contribution in [1.29, 1.82) is 0 Å². The van der Waals surface area contributed by atoms with Crippen molar-refractivity contribution in [2.75, 3.05) is 6.61 Å². The molecule has 1 radical (unpaired) electrons. The van der Waals surface area contributed by atoms with Crippen LogP contribution in [0.25, 0.3) is 0 Å². The van der Waals surface area contributed by atoms with E-state index in [-0.39, 0.29) is 18.4 Å². The van der Waals surface area contributed by atoms with Crippen LogP contribution in [0, 0.1) is 0 Å². The summed E-state index contributed by atoms with van der Waals surface area (Å²) in [6.07, 6.45) is 0. The quantitative estimate of drug-likeness (QED) is 0.854. The molecule has 0 amide bonds. The maximum atomic E-state index is 5.92. The summed E-state index contributed by atoms with van der Waals surface area (Å²) >= 11 is -1.80. The smallest absolute Gasteiger partial charge is 0.147 e. The summed E-state index contributed by atoms with van der Waals surface area (Å²) in [5.41, 5.74) is 7.19. The Morgan fingerprint density at radius 1 is 1.40 bits per heavy atom. The molecule has 0 saturated carbocycles. The molecule has 0 spiro atoms. The molecule has 4 heteroatoms. The molecule has 0 bridgehead atoms. The van der Waals surface area contributed by atoms with Crippen LogP contribution in [-0.2, 0) is 3.07 Å². The molecular weight excluding hydrogens is 316 g/mol. The third kappa shape index (κ3) is 4.31. The van der Waals surface area contributed by atoms with Gasteiger partial charge >= 0.3 is 93.8 Å². The predicted octanol–water partition coefficient (Wildman–Crippen LogP) is 1.99. The Morgan fingerprint density at radius 2 is 2.00 bits per heavy atom. The zero-order valence-corrected chi connectivity index (χ0v) is 13.2. The summed E-state index contributed by atoms with van der Waals surface area (Å²) in [4.78, 5) is 2.26. The van der Waals surface area contributed by atoms with E-state index >= 15 is 0 Å². The summed E-state index contributed by atoms with van der Waals surface area (Å²) in [7, 11) is 0. The van der Waals surface area contributed by atoms with E-state index in [2.05, 4.69) is 30.1 Å². The van der Waals surface area contributed by atoms with Gasteiger partial charge in [0.2, 0.25) is 0 Å². The molecule has 1 unspecified atom stereocenters. The second-order valence-electron chi connectivity index (χ2n) is 3.37. The molecule has 15 heavy (non-hydrogen) atoms. The molecule has 0 aliphatic heterocycles. The minimum Gasteiger partial charge on any atom is -0.147 e. The number of hydrogen-bond acceptors (Lipinski definition) is 2. The first-order valence-electron chi connectivity index (χ1n) is 4.98. The maximum absolute atomic E-state index is 5.92. The van der Waals surface area contributed by atoms with Crippen LogP contribution in [0.4, 0.5) is 0 Å². The molecule has 0 aromatic heterocycles. The Hall–Kier alpha value is 0.229. The second kappa shape index (κ2) is 7.49. The normalized spacial score (nSPS) is 12.3. The number of rotatable bonds is 4. The monoisotopic (exact) mass is 336 g/mol. The molecule has 2 nitrogen and oxygen atoms in total. The van der Waals surface area contributed by atoms with Crippen molar-refractivity contribution in [2.45, 2.75) is 24.8 Å². The number of benzene rings is 1. The van der Waals surface area contributed by atoms with Gasteiger partial charge in [-0.1, -0.05) is 0 Å². The Bertz CT molecular complexity index is 294. The fraction of sp³-hybridized carbons (Fsp3) is 0.455. The Morgan fingerprint density at radius 3 is 2.53 bits per heavy atom. The van der Waals surface area contributed by atoms with Gasteiger partial charge in [-0.3, -0.25) is 0 Å². The van der Waals surface area contributed by atoms with Crippen LogP contribution in [-0.4, -0.2) is 26.8 Å². The number of halogens is 1. The summed E-state index contributed by atoms with van der Waals surface area (Å²) in [5.74, 6) is 0. The van der Waals surface area contributed by atoms with E-state index in [0.717, 1.165) is 6.61 Å². The zero-order chi connectivity index (χ0) is 10.6. The Kier molecular flexibility index (Phi) is 7.61. The molecule has 85 valence electrons. The molecule has 1 atom stereocenters. The molecule has 2 N–H and O–H groups in total. The predicted molar refractivity (Wildman–Crippen MR) is 69.2 cm³/mol. The fourth-order valence-electron chi connectivity index (χ4n) is 1.51. The van der Waals surface area contributed by atoms with Gasteiger partial charge in [0.15, 0.2) is 0 Å². The van der Waals surface area contributed by atoms with E-state index in [1.165, 1.54) is 9.14 Å². The van der Waals surface area contributed by atoms with Gasteiger partial charge in [-0.2, -0.15) is 0 Å². The minimum atomic E-state index is -1.80. The number of hydrogen-bond donors (Lipinski definition) is 1. The van der Waals surface area contributed by atoms with Crippen LogP contribution >= 0.6 is 12.4 Å². The van der Waals surface area contributed by atoms with E-state index in [0.29, 0.717) is 0 Å². The molecule has 0 aliphatic rings. The van der Waals surface area contributed by atoms with Crippen LogP contribution in [0.3, 0.4) is 0 Å². The average Bonchev–Trinajstić information content (AvgIpc) is 2.18. The topological polar surface area (TPSA) is 35.2 Å². The summed E-state index contributed by atoms with van der Waals surface area (Å²) < 4.78 is 7.15. The average molecular weight is 335 g/mol. The molecule has 0 saturated heterocycles. The molecular formula is C11H19ClNOSn. The van der Waals surface area contributed by atoms with Gasteiger partial charge in [0.1, 0.15) is 0 Å². The second-order valence-corrected chi connectivity index (χ2v) is 8.90. The van der Waals surface area contributed by atoms with Gasteiger partial charge in [-0.25, -0.2) is 0 Å². The third-order valence-electron chi connectivity index (χ3n) is 2.19. The third-order valence-corrected chi connectivity index (χ3v) is 7.72. The van der Waals surface area contributed by atoms with Crippen molar-refractivity contribution < 1.29 is 3.07 Å². The van der Waals surface area contributed by atoms with Crippen molar-refractivity contribution in [3.8, 4) is 0 Å². The van der Waals surface area contributed by atoms with Crippen LogP contribution in [0.1, 0.15) is 25.5 Å². The maximum Gasteiger partial charge on any atom is -0.147 e. The molecule has 1 aromatic carbocycles. The fourth-order valence-corrected chi connectivity index (χ4v) is 6.18. The minimum absolute atomic E-state index is 0. The SMILES string of the molecule is CC[O][Sn]([CH3])[c]1ccccc1C(C)N.Cl. The zero-order valence-electron chi connectivity index (χ0n) is 9.49. The standard InChI is InChI=1S/C8H10N.C2H5O.CH3.ClH.Sn/c1-7(9)8-5-3-2-4-6-8;1-2-3;;;/h2-5,7H,9H2,1H3;2H2,1H3;1H3;1H;/q;-1;;;+1. The van der Waals surface area contributed by atoms with Gasteiger partial charge < -0.3 is 0 Å². The van der Waals surface area contributed by atoms with E-state index in [1.807, 2.05) is 13.0 Å². The molecule has 0 heterocycles. The van der Waals surface area contributed by atoms with Gasteiger partial charge in [-0.15, -0.1) is 12.4 Å². The van der Waals surface area contributed by atoms with Crippen molar-refractivity contribution in [3.05, 3.63) is 29.8 Å². The van der Waals surface area contributed by atoms with Crippen LogP contribution < -0.4 is 9.31 Å². The molecule has 0 aliphatic carbocycles. The molecule has 1 aromatic rings. The van der Waals surface area contributed by atoms with E-state index in [1.54, 1.807) is 0 Å². The molecule has 1 rings (SSSR count). The first kappa shape index (κ1) is 15.2. The first-order chi connectivity index (χ1) is 6.66.